The van der Waals surface area contributed by atoms with Crippen molar-refractivity contribution >= 4 is 34.4 Å². The van der Waals surface area contributed by atoms with Gasteiger partial charge >= 0.3 is 0 Å². The first-order valence-electron chi connectivity index (χ1n) is 10.4. The van der Waals surface area contributed by atoms with Crippen molar-refractivity contribution in [2.75, 3.05) is 18.4 Å². The molecule has 1 saturated carbocycles. The van der Waals surface area contributed by atoms with Crippen molar-refractivity contribution in [1.82, 2.24) is 4.90 Å². The summed E-state index contributed by atoms with van der Waals surface area (Å²) in [5.41, 5.74) is 7.43. The third kappa shape index (κ3) is 4.19. The Labute approximate surface area is 179 Å². The van der Waals surface area contributed by atoms with Gasteiger partial charge in [0.1, 0.15) is 6.10 Å². The van der Waals surface area contributed by atoms with Crippen LogP contribution < -0.4 is 11.1 Å². The van der Waals surface area contributed by atoms with E-state index in [0.29, 0.717) is 31.1 Å². The number of nitrogens with zero attached hydrogens (tertiary/aromatic N) is 2. The lowest BCUT2D eigenvalue weighted by atomic mass is 9.80. The molecule has 0 unspecified atom stereocenters. The Morgan fingerprint density at radius 1 is 1.20 bits per heavy atom. The fourth-order valence-corrected chi connectivity index (χ4v) is 5.84. The third-order valence-corrected chi connectivity index (χ3v) is 7.63. The summed E-state index contributed by atoms with van der Waals surface area (Å²) < 4.78 is 0. The Hall–Kier alpha value is -2.10. The van der Waals surface area contributed by atoms with Crippen LogP contribution in [0.4, 0.5) is 5.69 Å². The van der Waals surface area contributed by atoms with Crippen LogP contribution in [0.5, 0.6) is 0 Å². The molecule has 9 heteroatoms. The van der Waals surface area contributed by atoms with E-state index < -0.39 is 24.2 Å². The summed E-state index contributed by atoms with van der Waals surface area (Å²) in [6.45, 7) is 2.98. The molecule has 5 atom stereocenters. The number of hydrogen-bond donors (Lipinski definition) is 4. The second kappa shape index (κ2) is 8.56. The number of piperidine rings is 1. The van der Waals surface area contributed by atoms with E-state index in [0.717, 1.165) is 11.3 Å². The Morgan fingerprint density at radius 2 is 1.87 bits per heavy atom. The Kier molecular flexibility index (Phi) is 6.04. The van der Waals surface area contributed by atoms with Gasteiger partial charge in [0.2, 0.25) is 11.8 Å². The van der Waals surface area contributed by atoms with Crippen molar-refractivity contribution in [2.24, 2.45) is 22.6 Å². The SMILES string of the molecule is Cc1ccc(NC2=N[C@@H]3[C@@H](O)[C@H](O)C[C@H](C(=O)N4CCC(C(N)=O)CC4)[C@H]3S2)cc1. The number of likely N-dealkylation sites (tertiary alicyclic amines) is 1. The fourth-order valence-electron chi connectivity index (χ4n) is 4.47. The first-order valence-corrected chi connectivity index (χ1v) is 11.2. The number of thioether (sulfide) groups is 1. The van der Waals surface area contributed by atoms with E-state index in [9.17, 15) is 19.8 Å². The number of fused-ring (bicyclic) bond motifs is 1. The van der Waals surface area contributed by atoms with E-state index in [1.807, 2.05) is 31.2 Å². The van der Waals surface area contributed by atoms with E-state index in [4.69, 9.17) is 5.73 Å². The maximum atomic E-state index is 13.3. The minimum absolute atomic E-state index is 0.0434. The molecule has 0 bridgehead atoms. The van der Waals surface area contributed by atoms with E-state index >= 15 is 0 Å². The maximum absolute atomic E-state index is 13.3. The summed E-state index contributed by atoms with van der Waals surface area (Å²) in [6.07, 6.45) is -0.651. The number of carbonyl (C=O) groups is 2. The van der Waals surface area contributed by atoms with Crippen molar-refractivity contribution in [1.29, 1.82) is 0 Å². The number of aliphatic hydroxyl groups excluding tert-OH is 2. The van der Waals surface area contributed by atoms with Gasteiger partial charge in [-0.25, -0.2) is 0 Å². The molecule has 2 heterocycles. The lowest BCUT2D eigenvalue weighted by Gasteiger charge is -2.40. The molecule has 5 N–H and O–H groups in total. The molecular weight excluding hydrogens is 404 g/mol. The molecule has 1 aromatic rings. The number of aliphatic imine (C=N–C) groups is 1. The molecule has 8 nitrogen and oxygen atoms in total. The van der Waals surface area contributed by atoms with Crippen molar-refractivity contribution < 1.29 is 19.8 Å². The highest BCUT2D eigenvalue weighted by Crippen LogP contribution is 2.42. The van der Waals surface area contributed by atoms with E-state index in [1.54, 1.807) is 4.90 Å². The molecule has 162 valence electrons. The number of primary amides is 1. The number of hydrogen-bond acceptors (Lipinski definition) is 7. The van der Waals surface area contributed by atoms with Gasteiger partial charge in [0.15, 0.2) is 5.17 Å². The molecule has 1 aromatic carbocycles. The van der Waals surface area contributed by atoms with Crippen LogP contribution in [0.15, 0.2) is 29.3 Å². The second-order valence-electron chi connectivity index (χ2n) is 8.40. The number of amides is 2. The molecule has 3 aliphatic rings. The highest BCUT2D eigenvalue weighted by molar-refractivity contribution is 8.15. The van der Waals surface area contributed by atoms with Crippen LogP contribution in [0.25, 0.3) is 0 Å². The van der Waals surface area contributed by atoms with Crippen LogP contribution in [0.2, 0.25) is 0 Å². The number of rotatable bonds is 3. The number of carbonyl (C=O) groups excluding carboxylic acids is 2. The Morgan fingerprint density at radius 3 is 2.50 bits per heavy atom. The summed E-state index contributed by atoms with van der Waals surface area (Å²) in [5.74, 6) is -0.984. The number of amidine groups is 1. The third-order valence-electron chi connectivity index (χ3n) is 6.32. The highest BCUT2D eigenvalue weighted by atomic mass is 32.2. The first-order chi connectivity index (χ1) is 14.3. The zero-order chi connectivity index (χ0) is 21.4. The minimum Gasteiger partial charge on any atom is -0.390 e. The molecule has 1 aliphatic carbocycles. The lowest BCUT2D eigenvalue weighted by molar-refractivity contribution is -0.142. The number of aryl methyl sites for hydroxylation is 1. The number of anilines is 1. The lowest BCUT2D eigenvalue weighted by Crippen LogP contribution is -2.55. The molecule has 0 radical (unpaired) electrons. The summed E-state index contributed by atoms with van der Waals surface area (Å²) in [4.78, 5) is 31.0. The number of nitrogens with one attached hydrogen (secondary N) is 1. The smallest absolute Gasteiger partial charge is 0.227 e. The van der Waals surface area contributed by atoms with Crippen molar-refractivity contribution in [2.45, 2.75) is 49.7 Å². The van der Waals surface area contributed by atoms with Crippen LogP contribution in [0.3, 0.4) is 0 Å². The molecule has 2 amide bonds. The molecule has 4 rings (SSSR count). The first kappa shape index (κ1) is 21.1. The summed E-state index contributed by atoms with van der Waals surface area (Å²) in [7, 11) is 0. The Bertz CT molecular complexity index is 838. The number of aliphatic hydroxyl groups is 2. The predicted molar refractivity (Wildman–Crippen MR) is 116 cm³/mol. The van der Waals surface area contributed by atoms with Gasteiger partial charge < -0.3 is 26.2 Å². The second-order valence-corrected chi connectivity index (χ2v) is 9.57. The van der Waals surface area contributed by atoms with Gasteiger partial charge in [-0.05, 0) is 38.3 Å². The summed E-state index contributed by atoms with van der Waals surface area (Å²) >= 11 is 1.45. The fraction of sp³-hybridized carbons (Fsp3) is 0.571. The largest absolute Gasteiger partial charge is 0.390 e. The molecule has 0 spiro atoms. The van der Waals surface area contributed by atoms with Crippen LogP contribution >= 0.6 is 11.8 Å². The average Bonchev–Trinajstić information content (AvgIpc) is 3.16. The van der Waals surface area contributed by atoms with E-state index in [1.165, 1.54) is 11.8 Å². The molecule has 1 saturated heterocycles. The van der Waals surface area contributed by atoms with Crippen LogP contribution in [-0.2, 0) is 9.59 Å². The molecule has 2 fully saturated rings. The summed E-state index contributed by atoms with van der Waals surface area (Å²) in [6, 6.07) is 7.37. The highest BCUT2D eigenvalue weighted by Gasteiger charge is 2.51. The normalized spacial score (nSPS) is 31.8. The molecule has 2 aliphatic heterocycles. The monoisotopic (exact) mass is 432 g/mol. The molecular formula is C21H28N4O4S. The quantitative estimate of drug-likeness (QED) is 0.557. The van der Waals surface area contributed by atoms with Crippen LogP contribution in [-0.4, -0.2) is 68.7 Å². The average molecular weight is 433 g/mol. The van der Waals surface area contributed by atoms with Gasteiger partial charge in [0.25, 0.3) is 0 Å². The van der Waals surface area contributed by atoms with Crippen molar-refractivity contribution in [3.8, 4) is 0 Å². The zero-order valence-corrected chi connectivity index (χ0v) is 17.7. The van der Waals surface area contributed by atoms with Gasteiger partial charge in [-0.3, -0.25) is 14.6 Å². The van der Waals surface area contributed by atoms with Crippen LogP contribution in [0, 0.1) is 18.8 Å². The Balaban J connectivity index is 1.46. The maximum Gasteiger partial charge on any atom is 0.227 e. The molecule has 30 heavy (non-hydrogen) atoms. The van der Waals surface area contributed by atoms with Crippen molar-refractivity contribution in [3.05, 3.63) is 29.8 Å². The van der Waals surface area contributed by atoms with E-state index in [-0.39, 0.29) is 29.4 Å². The zero-order valence-electron chi connectivity index (χ0n) is 16.9. The van der Waals surface area contributed by atoms with Gasteiger partial charge in [-0.15, -0.1) is 0 Å². The number of nitrogens with two attached hydrogens (primary N) is 1. The summed E-state index contributed by atoms with van der Waals surface area (Å²) in [5, 5.41) is 24.6. The van der Waals surface area contributed by atoms with Crippen LogP contribution in [0.1, 0.15) is 24.8 Å². The van der Waals surface area contributed by atoms with Gasteiger partial charge in [-0.2, -0.15) is 0 Å². The van der Waals surface area contributed by atoms with Gasteiger partial charge in [0, 0.05) is 29.9 Å². The number of benzene rings is 1. The molecule has 0 aromatic heterocycles. The standard InChI is InChI=1S/C21H28N4O4S/c1-11-2-4-13(5-3-11)23-21-24-16-17(27)15(26)10-14(18(16)30-21)20(29)25-8-6-12(7-9-25)19(22)28/h2-5,12,14-18,26-27H,6-10H2,1H3,(H2,22,28)(H,23,24)/t14-,15+,16+,17-,18+/m0/s1. The minimum atomic E-state index is -0.996. The van der Waals surface area contributed by atoms with Gasteiger partial charge in [0.05, 0.1) is 18.1 Å². The predicted octanol–water partition coefficient (Wildman–Crippen LogP) is 0.713. The van der Waals surface area contributed by atoms with Crippen molar-refractivity contribution in [3.63, 3.8) is 0 Å². The van der Waals surface area contributed by atoms with E-state index in [2.05, 4.69) is 10.3 Å². The van der Waals surface area contributed by atoms with Gasteiger partial charge in [-0.1, -0.05) is 29.5 Å². The topological polar surface area (TPSA) is 128 Å².